The van der Waals surface area contributed by atoms with Gasteiger partial charge in [-0.2, -0.15) is 0 Å². The summed E-state index contributed by atoms with van der Waals surface area (Å²) in [4.78, 5) is 25.8. The summed E-state index contributed by atoms with van der Waals surface area (Å²) in [6.07, 6.45) is 0.438. The van der Waals surface area contributed by atoms with Gasteiger partial charge in [-0.25, -0.2) is 4.39 Å². The first kappa shape index (κ1) is 19.2. The van der Waals surface area contributed by atoms with Gasteiger partial charge in [0.2, 0.25) is 0 Å². The number of nitrogens with zero attached hydrogens (tertiary/aromatic N) is 1. The highest BCUT2D eigenvalue weighted by atomic mass is 35.5. The van der Waals surface area contributed by atoms with Gasteiger partial charge in [-0.1, -0.05) is 29.8 Å². The highest BCUT2D eigenvalue weighted by Crippen LogP contribution is 2.30. The molecule has 0 bridgehead atoms. The molecule has 5 nitrogen and oxygen atoms in total. The number of likely N-dealkylation sites (N-methyl/N-ethyl adjacent to an activating group) is 1. The van der Waals surface area contributed by atoms with Crippen LogP contribution in [0.25, 0.3) is 0 Å². The van der Waals surface area contributed by atoms with Crippen LogP contribution in [-0.2, 0) is 27.3 Å². The second kappa shape index (κ2) is 8.39. The summed E-state index contributed by atoms with van der Waals surface area (Å²) >= 11 is 5.97. The topological polar surface area (TPSA) is 55.8 Å². The first-order valence-electron chi connectivity index (χ1n) is 8.49. The molecule has 1 amide bonds. The van der Waals surface area contributed by atoms with Gasteiger partial charge in [-0.15, -0.1) is 0 Å². The Hall–Kier alpha value is -2.60. The number of fused-ring (bicyclic) bond motifs is 1. The van der Waals surface area contributed by atoms with E-state index >= 15 is 0 Å². The Balaban J connectivity index is 1.51. The molecule has 0 aromatic heterocycles. The Kier molecular flexibility index (Phi) is 5.96. The zero-order chi connectivity index (χ0) is 19.4. The maximum Gasteiger partial charge on any atom is 0.313 e. The van der Waals surface area contributed by atoms with Crippen LogP contribution in [0.1, 0.15) is 11.1 Å². The van der Waals surface area contributed by atoms with E-state index in [0.29, 0.717) is 22.8 Å². The molecule has 1 aliphatic heterocycles. The SMILES string of the molecule is CN(Cc1ccccc1F)C(=O)COC(=O)[C@H]1COc2ccc(Cl)cc2C1. The molecule has 7 heteroatoms. The number of hydrogen-bond donors (Lipinski definition) is 0. The zero-order valence-electron chi connectivity index (χ0n) is 14.8. The number of carbonyl (C=O) groups excluding carboxylic acids is 2. The minimum atomic E-state index is -0.506. The fourth-order valence-electron chi connectivity index (χ4n) is 2.85. The largest absolute Gasteiger partial charge is 0.492 e. The molecule has 1 heterocycles. The zero-order valence-corrected chi connectivity index (χ0v) is 15.5. The Morgan fingerprint density at radius 3 is 2.85 bits per heavy atom. The minimum Gasteiger partial charge on any atom is -0.492 e. The molecule has 2 aromatic carbocycles. The number of hydrogen-bond acceptors (Lipinski definition) is 4. The summed E-state index contributed by atoms with van der Waals surface area (Å²) in [5, 5.41) is 0.566. The fourth-order valence-corrected chi connectivity index (χ4v) is 3.04. The van der Waals surface area contributed by atoms with Crippen molar-refractivity contribution < 1.29 is 23.5 Å². The van der Waals surface area contributed by atoms with E-state index < -0.39 is 24.4 Å². The van der Waals surface area contributed by atoms with Gasteiger partial charge in [0.1, 0.15) is 18.2 Å². The van der Waals surface area contributed by atoms with Crippen LogP contribution in [0.15, 0.2) is 42.5 Å². The molecule has 0 fully saturated rings. The van der Waals surface area contributed by atoms with Crippen molar-refractivity contribution >= 4 is 23.5 Å². The normalized spacial score (nSPS) is 15.4. The molecule has 0 unspecified atom stereocenters. The van der Waals surface area contributed by atoms with Crippen LogP contribution in [0, 0.1) is 11.7 Å². The molecule has 0 N–H and O–H groups in total. The van der Waals surface area contributed by atoms with E-state index in [-0.39, 0.29) is 19.0 Å². The Morgan fingerprint density at radius 1 is 1.30 bits per heavy atom. The number of amides is 1. The fraction of sp³-hybridized carbons (Fsp3) is 0.300. The van der Waals surface area contributed by atoms with Crippen LogP contribution < -0.4 is 4.74 Å². The van der Waals surface area contributed by atoms with Crippen molar-refractivity contribution in [2.24, 2.45) is 5.92 Å². The molecular formula is C20H19ClFNO4. The van der Waals surface area contributed by atoms with Gasteiger partial charge < -0.3 is 14.4 Å². The van der Waals surface area contributed by atoms with E-state index in [1.807, 2.05) is 0 Å². The first-order valence-corrected chi connectivity index (χ1v) is 8.87. The van der Waals surface area contributed by atoms with Crippen molar-refractivity contribution in [3.8, 4) is 5.75 Å². The maximum atomic E-state index is 13.7. The van der Waals surface area contributed by atoms with Crippen molar-refractivity contribution in [2.75, 3.05) is 20.3 Å². The number of esters is 1. The highest BCUT2D eigenvalue weighted by Gasteiger charge is 2.28. The average Bonchev–Trinajstić information content (AvgIpc) is 2.66. The van der Waals surface area contributed by atoms with Crippen LogP contribution in [0.3, 0.4) is 0 Å². The van der Waals surface area contributed by atoms with Crippen LogP contribution in [0.5, 0.6) is 5.75 Å². The predicted octanol–water partition coefficient (Wildman–Crippen LogP) is 3.23. The molecule has 1 atom stereocenters. The van der Waals surface area contributed by atoms with Gasteiger partial charge in [0.15, 0.2) is 6.61 Å². The summed E-state index contributed by atoms with van der Waals surface area (Å²) in [6.45, 7) is -0.114. The third kappa shape index (κ3) is 4.77. The quantitative estimate of drug-likeness (QED) is 0.734. The van der Waals surface area contributed by atoms with Crippen LogP contribution >= 0.6 is 11.6 Å². The number of ether oxygens (including phenoxy) is 2. The lowest BCUT2D eigenvalue weighted by molar-refractivity contribution is -0.156. The van der Waals surface area contributed by atoms with Crippen molar-refractivity contribution in [2.45, 2.75) is 13.0 Å². The molecule has 0 saturated heterocycles. The van der Waals surface area contributed by atoms with E-state index in [9.17, 15) is 14.0 Å². The monoisotopic (exact) mass is 391 g/mol. The Labute approximate surface area is 161 Å². The second-order valence-electron chi connectivity index (χ2n) is 6.41. The maximum absolute atomic E-state index is 13.7. The van der Waals surface area contributed by atoms with E-state index in [4.69, 9.17) is 21.1 Å². The molecule has 0 saturated carbocycles. The van der Waals surface area contributed by atoms with Crippen molar-refractivity contribution in [3.63, 3.8) is 0 Å². The van der Waals surface area contributed by atoms with E-state index in [1.54, 1.807) is 36.4 Å². The van der Waals surface area contributed by atoms with Gasteiger partial charge in [-0.3, -0.25) is 9.59 Å². The summed E-state index contributed by atoms with van der Waals surface area (Å²) in [5.41, 5.74) is 1.23. The number of rotatable bonds is 5. The third-order valence-corrected chi connectivity index (χ3v) is 4.63. The van der Waals surface area contributed by atoms with Gasteiger partial charge in [-0.05, 0) is 36.2 Å². The smallest absolute Gasteiger partial charge is 0.313 e. The van der Waals surface area contributed by atoms with Crippen LogP contribution in [0.2, 0.25) is 5.02 Å². The lowest BCUT2D eigenvalue weighted by Gasteiger charge is -2.24. The molecule has 142 valence electrons. The van der Waals surface area contributed by atoms with Gasteiger partial charge in [0.25, 0.3) is 5.91 Å². The summed E-state index contributed by atoms with van der Waals surface area (Å²) in [6, 6.07) is 11.5. The Morgan fingerprint density at radius 2 is 2.07 bits per heavy atom. The summed E-state index contributed by atoms with van der Waals surface area (Å²) in [7, 11) is 1.53. The molecule has 2 aromatic rings. The van der Waals surface area contributed by atoms with Crippen molar-refractivity contribution in [1.29, 1.82) is 0 Å². The first-order chi connectivity index (χ1) is 12.9. The molecular weight excluding hydrogens is 373 g/mol. The molecule has 1 aliphatic rings. The molecule has 0 aliphatic carbocycles. The molecule has 0 spiro atoms. The number of halogens is 2. The predicted molar refractivity (Wildman–Crippen MR) is 98.0 cm³/mol. The standard InChI is InChI=1S/C20H19ClFNO4/c1-23(10-13-4-2-3-5-17(13)22)19(24)12-27-20(25)15-8-14-9-16(21)6-7-18(14)26-11-15/h2-7,9,15H,8,10-12H2,1H3/t15-/m1/s1. The minimum absolute atomic E-state index is 0.0987. The average molecular weight is 392 g/mol. The summed E-state index contributed by atoms with van der Waals surface area (Å²) < 4.78 is 24.4. The van der Waals surface area contributed by atoms with Crippen LogP contribution in [0.4, 0.5) is 4.39 Å². The highest BCUT2D eigenvalue weighted by molar-refractivity contribution is 6.30. The summed E-state index contributed by atoms with van der Waals surface area (Å²) in [5.74, 6) is -1.10. The Bertz CT molecular complexity index is 858. The van der Waals surface area contributed by atoms with Gasteiger partial charge in [0, 0.05) is 24.2 Å². The molecule has 27 heavy (non-hydrogen) atoms. The number of benzene rings is 2. The van der Waals surface area contributed by atoms with E-state index in [2.05, 4.69) is 0 Å². The molecule has 3 rings (SSSR count). The second-order valence-corrected chi connectivity index (χ2v) is 6.85. The van der Waals surface area contributed by atoms with Crippen molar-refractivity contribution in [3.05, 3.63) is 64.4 Å². The van der Waals surface area contributed by atoms with Gasteiger partial charge >= 0.3 is 5.97 Å². The third-order valence-electron chi connectivity index (χ3n) is 4.39. The van der Waals surface area contributed by atoms with Gasteiger partial charge in [0.05, 0.1) is 5.92 Å². The lowest BCUT2D eigenvalue weighted by atomic mass is 9.97. The molecule has 0 radical (unpaired) electrons. The van der Waals surface area contributed by atoms with Crippen LogP contribution in [-0.4, -0.2) is 37.0 Å². The van der Waals surface area contributed by atoms with E-state index in [0.717, 1.165) is 5.56 Å². The lowest BCUT2D eigenvalue weighted by Crippen LogP contribution is -2.34. The van der Waals surface area contributed by atoms with E-state index in [1.165, 1.54) is 18.0 Å². The van der Waals surface area contributed by atoms with Crippen molar-refractivity contribution in [1.82, 2.24) is 4.90 Å². The number of carbonyl (C=O) groups is 2.